The molecule has 0 amide bonds. The molecule has 0 aliphatic rings. The Kier molecular flexibility index (Phi) is 5.36. The normalized spacial score (nSPS) is 12.1. The number of rotatable bonds is 5. The molecule has 2 rings (SSSR count). The van der Waals surface area contributed by atoms with Crippen LogP contribution in [0.5, 0.6) is 0 Å². The second-order valence-corrected chi connectivity index (χ2v) is 7.19. The Morgan fingerprint density at radius 2 is 1.88 bits per heavy atom. The molecule has 0 bridgehead atoms. The van der Waals surface area contributed by atoms with Crippen LogP contribution in [0.2, 0.25) is 0 Å². The van der Waals surface area contributed by atoms with Gasteiger partial charge in [-0.2, -0.15) is 0 Å². The molecule has 1 aromatic carbocycles. The number of aromatic nitrogens is 1. The molecule has 2 aromatic rings. The van der Waals surface area contributed by atoms with Crippen molar-refractivity contribution in [3.8, 4) is 11.3 Å². The van der Waals surface area contributed by atoms with Gasteiger partial charge in [-0.25, -0.2) is 17.9 Å². The number of benzene rings is 1. The molecule has 1 heterocycles. The van der Waals surface area contributed by atoms with Gasteiger partial charge in [0.1, 0.15) is 5.82 Å². The molecule has 0 fully saturated rings. The van der Waals surface area contributed by atoms with Crippen LogP contribution in [-0.2, 0) is 10.0 Å². The van der Waals surface area contributed by atoms with Crippen LogP contribution in [0.25, 0.3) is 17.3 Å². The van der Waals surface area contributed by atoms with Crippen LogP contribution >= 0.6 is 0 Å². The zero-order valence-electron chi connectivity index (χ0n) is 13.8. The summed E-state index contributed by atoms with van der Waals surface area (Å²) in [5.74, 6) is -0.315. The lowest BCUT2D eigenvalue weighted by molar-refractivity contribution is 0.606. The molecule has 128 valence electrons. The summed E-state index contributed by atoms with van der Waals surface area (Å²) in [6.07, 6.45) is 2.95. The zero-order valence-corrected chi connectivity index (χ0v) is 14.6. The highest BCUT2D eigenvalue weighted by atomic mass is 32.2. The van der Waals surface area contributed by atoms with Crippen LogP contribution in [-0.4, -0.2) is 26.5 Å². The summed E-state index contributed by atoms with van der Waals surface area (Å²) in [4.78, 5) is 6.45. The molecule has 2 N–H and O–H groups in total. The van der Waals surface area contributed by atoms with Crippen LogP contribution < -0.4 is 10.0 Å². The van der Waals surface area contributed by atoms with Crippen molar-refractivity contribution in [2.45, 2.75) is 19.9 Å². The minimum Gasteiger partial charge on any atom is -0.370 e. The van der Waals surface area contributed by atoms with E-state index in [-0.39, 0.29) is 11.9 Å². The average Bonchev–Trinajstić information content (AvgIpc) is 2.52. The molecular formula is C17H20FN3O2S. The quantitative estimate of drug-likeness (QED) is 0.900. The Hall–Kier alpha value is -2.25. The monoisotopic (exact) mass is 349 g/mol. The number of hydrogen-bond donors (Lipinski definition) is 1. The fourth-order valence-electron chi connectivity index (χ4n) is 2.11. The third kappa shape index (κ3) is 4.62. The number of primary sulfonamides is 1. The van der Waals surface area contributed by atoms with E-state index >= 15 is 0 Å². The van der Waals surface area contributed by atoms with Crippen molar-refractivity contribution in [2.24, 2.45) is 5.14 Å². The van der Waals surface area contributed by atoms with E-state index in [1.165, 1.54) is 18.2 Å². The molecule has 7 heteroatoms. The molecule has 5 nitrogen and oxygen atoms in total. The molecule has 0 radical (unpaired) electrons. The summed E-state index contributed by atoms with van der Waals surface area (Å²) in [5.41, 5.74) is 2.89. The van der Waals surface area contributed by atoms with Gasteiger partial charge in [-0.3, -0.25) is 4.98 Å². The van der Waals surface area contributed by atoms with Crippen LogP contribution in [0.4, 0.5) is 10.1 Å². The van der Waals surface area contributed by atoms with Crippen LogP contribution in [0, 0.1) is 5.82 Å². The first-order valence-electron chi connectivity index (χ1n) is 7.37. The average molecular weight is 349 g/mol. The standard InChI is InChI=1S/C17H20FN3O2S/c1-12(2)21(3)16-10-13(8-9-24(19,22)23)11-20-17(16)14-4-6-15(18)7-5-14/h4-12H,1-3H3,(H2,19,22,23)/b9-8+. The second-order valence-electron chi connectivity index (χ2n) is 5.74. The number of anilines is 1. The smallest absolute Gasteiger partial charge is 0.231 e. The first kappa shape index (κ1) is 18.1. The number of nitrogens with zero attached hydrogens (tertiary/aromatic N) is 2. The number of sulfonamides is 1. The predicted octanol–water partition coefficient (Wildman–Crippen LogP) is 2.99. The topological polar surface area (TPSA) is 76.3 Å². The van der Waals surface area contributed by atoms with Crippen molar-refractivity contribution < 1.29 is 12.8 Å². The largest absolute Gasteiger partial charge is 0.370 e. The van der Waals surface area contributed by atoms with Gasteiger partial charge in [0.25, 0.3) is 0 Å². The van der Waals surface area contributed by atoms with Gasteiger partial charge in [0.05, 0.1) is 11.4 Å². The van der Waals surface area contributed by atoms with E-state index in [0.29, 0.717) is 11.3 Å². The van der Waals surface area contributed by atoms with E-state index in [0.717, 1.165) is 16.7 Å². The minimum absolute atomic E-state index is 0.198. The van der Waals surface area contributed by atoms with Crippen LogP contribution in [0.15, 0.2) is 41.9 Å². The number of pyridine rings is 1. The van der Waals surface area contributed by atoms with Gasteiger partial charge in [0, 0.05) is 30.3 Å². The fourth-order valence-corrected chi connectivity index (χ4v) is 2.46. The lowest BCUT2D eigenvalue weighted by Gasteiger charge is -2.26. The SMILES string of the molecule is CC(C)N(C)c1cc(/C=C/S(N)(=O)=O)cnc1-c1ccc(F)cc1. The molecule has 0 unspecified atom stereocenters. The maximum absolute atomic E-state index is 13.2. The first-order chi connectivity index (χ1) is 11.2. The summed E-state index contributed by atoms with van der Waals surface area (Å²) in [7, 11) is -1.78. The number of halogens is 1. The first-order valence-corrected chi connectivity index (χ1v) is 8.98. The number of hydrogen-bond acceptors (Lipinski definition) is 4. The summed E-state index contributed by atoms with van der Waals surface area (Å²) < 4.78 is 35.3. The lowest BCUT2D eigenvalue weighted by Crippen LogP contribution is -2.26. The Balaban J connectivity index is 2.54. The molecule has 24 heavy (non-hydrogen) atoms. The summed E-state index contributed by atoms with van der Waals surface area (Å²) >= 11 is 0. The molecule has 1 aromatic heterocycles. The summed E-state index contributed by atoms with van der Waals surface area (Å²) in [6.45, 7) is 4.06. The third-order valence-corrected chi connectivity index (χ3v) is 4.13. The highest BCUT2D eigenvalue weighted by Gasteiger charge is 2.14. The zero-order chi connectivity index (χ0) is 17.9. The van der Waals surface area contributed by atoms with Crippen molar-refractivity contribution in [3.63, 3.8) is 0 Å². The van der Waals surface area contributed by atoms with Gasteiger partial charge < -0.3 is 4.90 Å². The highest BCUT2D eigenvalue weighted by Crippen LogP contribution is 2.30. The van der Waals surface area contributed by atoms with Crippen molar-refractivity contribution in [3.05, 3.63) is 53.3 Å². The number of nitrogens with two attached hydrogens (primary N) is 1. The van der Waals surface area contributed by atoms with Crippen LogP contribution in [0.1, 0.15) is 19.4 Å². The van der Waals surface area contributed by atoms with E-state index in [2.05, 4.69) is 4.98 Å². The van der Waals surface area contributed by atoms with Crippen molar-refractivity contribution in [1.29, 1.82) is 0 Å². The molecule has 0 aliphatic heterocycles. The van der Waals surface area contributed by atoms with E-state index in [9.17, 15) is 12.8 Å². The molecule has 0 spiro atoms. The molecular weight excluding hydrogens is 329 g/mol. The second kappa shape index (κ2) is 7.11. The molecule has 0 saturated carbocycles. The molecule has 0 atom stereocenters. The minimum atomic E-state index is -3.70. The van der Waals surface area contributed by atoms with Crippen molar-refractivity contribution >= 4 is 21.8 Å². The van der Waals surface area contributed by atoms with Gasteiger partial charge in [0.15, 0.2) is 0 Å². The Morgan fingerprint density at radius 1 is 1.25 bits per heavy atom. The van der Waals surface area contributed by atoms with Crippen LogP contribution in [0.3, 0.4) is 0 Å². The van der Waals surface area contributed by atoms with E-state index in [4.69, 9.17) is 5.14 Å². The van der Waals surface area contributed by atoms with Gasteiger partial charge in [-0.15, -0.1) is 0 Å². The van der Waals surface area contributed by atoms with Gasteiger partial charge in [-0.05, 0) is 55.8 Å². The van der Waals surface area contributed by atoms with E-state index in [1.807, 2.05) is 31.9 Å². The Bertz CT molecular complexity index is 847. The van der Waals surface area contributed by atoms with Crippen molar-refractivity contribution in [2.75, 3.05) is 11.9 Å². The van der Waals surface area contributed by atoms with Gasteiger partial charge >= 0.3 is 0 Å². The Labute approximate surface area is 141 Å². The predicted molar refractivity (Wildman–Crippen MR) is 95.3 cm³/mol. The highest BCUT2D eigenvalue weighted by molar-refractivity contribution is 7.92. The fraction of sp³-hybridized carbons (Fsp3) is 0.235. The van der Waals surface area contributed by atoms with Gasteiger partial charge in [-0.1, -0.05) is 0 Å². The maximum atomic E-state index is 13.2. The molecule has 0 aliphatic carbocycles. The van der Waals surface area contributed by atoms with Crippen molar-refractivity contribution in [1.82, 2.24) is 4.98 Å². The van der Waals surface area contributed by atoms with E-state index in [1.54, 1.807) is 18.3 Å². The molecule has 0 saturated heterocycles. The summed E-state index contributed by atoms with van der Waals surface area (Å²) in [5, 5.41) is 5.91. The lowest BCUT2D eigenvalue weighted by atomic mass is 10.1. The van der Waals surface area contributed by atoms with Gasteiger partial charge in [0.2, 0.25) is 10.0 Å². The maximum Gasteiger partial charge on any atom is 0.231 e. The Morgan fingerprint density at radius 3 is 2.42 bits per heavy atom. The third-order valence-electron chi connectivity index (χ3n) is 3.61. The summed E-state index contributed by atoms with van der Waals surface area (Å²) in [6, 6.07) is 8.11. The van der Waals surface area contributed by atoms with E-state index < -0.39 is 10.0 Å².